The van der Waals surface area contributed by atoms with Gasteiger partial charge >= 0.3 is 0 Å². The van der Waals surface area contributed by atoms with Crippen molar-refractivity contribution in [2.45, 2.75) is 32.3 Å². The summed E-state index contributed by atoms with van der Waals surface area (Å²) in [6.45, 7) is 3.14. The predicted molar refractivity (Wildman–Crippen MR) is 129 cm³/mol. The molecule has 0 atom stereocenters. The van der Waals surface area contributed by atoms with Crippen molar-refractivity contribution in [3.8, 4) is 0 Å². The minimum Gasteiger partial charge on any atom is -0.850 e. The number of aromatic nitrogens is 4. The molecule has 9 heteroatoms. The Morgan fingerprint density at radius 3 is 1.00 bits per heavy atom. The van der Waals surface area contributed by atoms with Gasteiger partial charge in [0.15, 0.2) is 0 Å². The van der Waals surface area contributed by atoms with Crippen molar-refractivity contribution in [2.24, 2.45) is 0 Å². The van der Waals surface area contributed by atoms with Crippen molar-refractivity contribution in [3.63, 3.8) is 0 Å². The molecule has 0 aliphatic heterocycles. The van der Waals surface area contributed by atoms with Crippen LogP contribution < -0.4 is 5.11 Å². The van der Waals surface area contributed by atoms with Gasteiger partial charge in [0.05, 0.1) is 22.8 Å². The normalized spacial score (nSPS) is 10.8. The SMILES string of the molecule is [O-]C(CN(Cc1ccccn1)Cc1ccccn1)CN(Cc1ccccn1)Cc1ccccn1.[Zn].[Zn]. The molecule has 178 valence electrons. The predicted octanol–water partition coefficient (Wildman–Crippen LogP) is 2.70. The first-order valence-corrected chi connectivity index (χ1v) is 11.4. The monoisotopic (exact) mass is 581 g/mol. The van der Waals surface area contributed by atoms with Crippen LogP contribution in [-0.4, -0.2) is 48.9 Å². The topological polar surface area (TPSA) is 81.1 Å². The summed E-state index contributed by atoms with van der Waals surface area (Å²) < 4.78 is 0. The first kappa shape index (κ1) is 30.0. The molecule has 4 rings (SSSR count). The van der Waals surface area contributed by atoms with Crippen molar-refractivity contribution >= 4 is 0 Å². The van der Waals surface area contributed by atoms with Crippen LogP contribution in [-0.2, 0) is 65.1 Å². The molecular formula is C27H29N6OZn2-. The van der Waals surface area contributed by atoms with Crippen LogP contribution in [0.2, 0.25) is 0 Å². The Morgan fingerprint density at radius 2 is 0.778 bits per heavy atom. The van der Waals surface area contributed by atoms with E-state index in [0.29, 0.717) is 39.3 Å². The summed E-state index contributed by atoms with van der Waals surface area (Å²) in [5.41, 5.74) is 3.74. The Morgan fingerprint density at radius 1 is 0.500 bits per heavy atom. The molecule has 7 nitrogen and oxygen atoms in total. The molecule has 0 bridgehead atoms. The number of hydrogen-bond acceptors (Lipinski definition) is 7. The van der Waals surface area contributed by atoms with Gasteiger partial charge in [0.25, 0.3) is 0 Å². The van der Waals surface area contributed by atoms with Crippen LogP contribution >= 0.6 is 0 Å². The van der Waals surface area contributed by atoms with Gasteiger partial charge in [-0.1, -0.05) is 24.3 Å². The molecule has 0 unspecified atom stereocenters. The quantitative estimate of drug-likeness (QED) is 0.237. The van der Waals surface area contributed by atoms with Crippen molar-refractivity contribution in [1.29, 1.82) is 0 Å². The van der Waals surface area contributed by atoms with E-state index in [9.17, 15) is 5.11 Å². The molecule has 0 aromatic carbocycles. The van der Waals surface area contributed by atoms with E-state index in [1.54, 1.807) is 24.8 Å². The van der Waals surface area contributed by atoms with Gasteiger partial charge in [0.2, 0.25) is 0 Å². The van der Waals surface area contributed by atoms with E-state index in [1.807, 2.05) is 72.8 Å². The average Bonchev–Trinajstić information content (AvgIpc) is 2.86. The smallest absolute Gasteiger partial charge is 0.0544 e. The van der Waals surface area contributed by atoms with E-state index in [-0.39, 0.29) is 39.0 Å². The molecule has 0 saturated heterocycles. The Bertz CT molecular complexity index is 922. The zero-order valence-corrected chi connectivity index (χ0v) is 26.5. The van der Waals surface area contributed by atoms with Crippen molar-refractivity contribution in [2.75, 3.05) is 13.1 Å². The van der Waals surface area contributed by atoms with E-state index in [2.05, 4.69) is 29.7 Å². The van der Waals surface area contributed by atoms with Gasteiger partial charge < -0.3 is 5.11 Å². The maximum atomic E-state index is 13.3. The van der Waals surface area contributed by atoms with Crippen LogP contribution in [0.3, 0.4) is 0 Å². The Kier molecular flexibility index (Phi) is 13.7. The summed E-state index contributed by atoms with van der Waals surface area (Å²) in [4.78, 5) is 22.1. The fourth-order valence-corrected chi connectivity index (χ4v) is 3.89. The molecule has 4 aromatic rings. The van der Waals surface area contributed by atoms with E-state index in [1.165, 1.54) is 0 Å². The largest absolute Gasteiger partial charge is 0.850 e. The maximum Gasteiger partial charge on any atom is 0.0544 e. The van der Waals surface area contributed by atoms with Crippen molar-refractivity contribution < 1.29 is 44.1 Å². The van der Waals surface area contributed by atoms with Gasteiger partial charge in [-0.25, -0.2) is 0 Å². The number of nitrogens with zero attached hydrogens (tertiary/aromatic N) is 6. The summed E-state index contributed by atoms with van der Waals surface area (Å²) in [7, 11) is 0. The Hall–Kier alpha value is -2.27. The molecule has 0 radical (unpaired) electrons. The first-order chi connectivity index (χ1) is 16.7. The fraction of sp³-hybridized carbons (Fsp3) is 0.259. The minimum absolute atomic E-state index is 0. The summed E-state index contributed by atoms with van der Waals surface area (Å²) >= 11 is 0. The minimum atomic E-state index is -0.820. The second kappa shape index (κ2) is 16.5. The molecule has 36 heavy (non-hydrogen) atoms. The molecule has 0 aliphatic rings. The van der Waals surface area contributed by atoms with Gasteiger partial charge in [-0.3, -0.25) is 29.7 Å². The summed E-state index contributed by atoms with van der Waals surface area (Å²) in [5, 5.41) is 13.3. The van der Waals surface area contributed by atoms with Gasteiger partial charge in [-0.05, 0) is 61.6 Å². The third-order valence-electron chi connectivity index (χ3n) is 5.37. The summed E-state index contributed by atoms with van der Waals surface area (Å²) in [6.07, 6.45) is 6.31. The van der Waals surface area contributed by atoms with Gasteiger partial charge in [0, 0.05) is 89.9 Å². The van der Waals surface area contributed by atoms with Crippen LogP contribution in [0.1, 0.15) is 22.8 Å². The molecule has 0 amide bonds. The van der Waals surface area contributed by atoms with Crippen molar-refractivity contribution in [1.82, 2.24) is 29.7 Å². The molecular weight excluding hydrogens is 555 g/mol. The third-order valence-corrected chi connectivity index (χ3v) is 5.37. The molecule has 0 spiro atoms. The molecule has 4 aromatic heterocycles. The molecule has 0 fully saturated rings. The standard InChI is InChI=1S/C27H29N6O.2Zn/c34-27(21-32(17-23-9-1-5-13-28-23)18-24-10-2-6-14-29-24)22-33(19-25-11-3-7-15-30-25)20-26-12-4-8-16-31-26;;/h1-16,27H,17-22H2;;/q-1;;. The number of hydrogen-bond donors (Lipinski definition) is 0. The van der Waals surface area contributed by atoms with E-state index >= 15 is 0 Å². The average molecular weight is 584 g/mol. The second-order valence-electron chi connectivity index (χ2n) is 8.25. The van der Waals surface area contributed by atoms with Crippen molar-refractivity contribution in [3.05, 3.63) is 120 Å². The molecule has 0 N–H and O–H groups in total. The van der Waals surface area contributed by atoms with E-state index < -0.39 is 6.10 Å². The molecule has 0 saturated carbocycles. The third kappa shape index (κ3) is 10.4. The van der Waals surface area contributed by atoms with Crippen LogP contribution in [0.25, 0.3) is 0 Å². The second-order valence-corrected chi connectivity index (χ2v) is 8.25. The maximum absolute atomic E-state index is 13.3. The Balaban J connectivity index is 0.00000228. The molecule has 0 aliphatic carbocycles. The number of rotatable bonds is 12. The number of pyridine rings is 4. The Labute approximate surface area is 238 Å². The summed E-state index contributed by atoms with van der Waals surface area (Å²) in [6, 6.07) is 23.4. The molecule has 4 heterocycles. The van der Waals surface area contributed by atoms with E-state index in [4.69, 9.17) is 0 Å². The summed E-state index contributed by atoms with van der Waals surface area (Å²) in [5.74, 6) is 0. The van der Waals surface area contributed by atoms with Gasteiger partial charge in [-0.2, -0.15) is 0 Å². The van der Waals surface area contributed by atoms with Crippen LogP contribution in [0.15, 0.2) is 97.6 Å². The van der Waals surface area contributed by atoms with Crippen LogP contribution in [0.4, 0.5) is 0 Å². The van der Waals surface area contributed by atoms with Crippen LogP contribution in [0, 0.1) is 0 Å². The fourth-order valence-electron chi connectivity index (χ4n) is 3.89. The van der Waals surface area contributed by atoms with Crippen LogP contribution in [0.5, 0.6) is 0 Å². The zero-order chi connectivity index (χ0) is 23.4. The van der Waals surface area contributed by atoms with Gasteiger partial charge in [0.1, 0.15) is 0 Å². The van der Waals surface area contributed by atoms with Gasteiger partial charge in [-0.15, -0.1) is 6.10 Å². The first-order valence-electron chi connectivity index (χ1n) is 11.4. The zero-order valence-electron chi connectivity index (χ0n) is 20.6. The van der Waals surface area contributed by atoms with E-state index in [0.717, 1.165) is 22.8 Å².